The van der Waals surface area contributed by atoms with E-state index in [0.29, 0.717) is 17.3 Å². The molecule has 5 heteroatoms. The Kier molecular flexibility index (Phi) is 4.05. The summed E-state index contributed by atoms with van der Waals surface area (Å²) in [5.74, 6) is -0.914. The van der Waals surface area contributed by atoms with Gasteiger partial charge in [0.05, 0.1) is 12.2 Å². The highest BCUT2D eigenvalue weighted by Crippen LogP contribution is 2.43. The van der Waals surface area contributed by atoms with E-state index in [1.54, 1.807) is 18.4 Å². The van der Waals surface area contributed by atoms with E-state index in [4.69, 9.17) is 16.3 Å². The molecule has 1 heterocycles. The molecule has 0 saturated carbocycles. The van der Waals surface area contributed by atoms with Gasteiger partial charge in [0.15, 0.2) is 0 Å². The summed E-state index contributed by atoms with van der Waals surface area (Å²) in [6.45, 7) is 0.555. The highest BCUT2D eigenvalue weighted by molar-refractivity contribution is 6.30. The summed E-state index contributed by atoms with van der Waals surface area (Å²) in [7, 11) is 1.82. The SMILES string of the molecule is CNC[C@@H]1C2=C(C=COc3ccc(Cl)cc32)C=C[C@@H]1C(=O)O. The monoisotopic (exact) mass is 317 g/mol. The highest BCUT2D eigenvalue weighted by atomic mass is 35.5. The molecule has 2 aliphatic rings. The summed E-state index contributed by atoms with van der Waals surface area (Å²) in [6.07, 6.45) is 7.07. The molecule has 114 valence electrons. The summed E-state index contributed by atoms with van der Waals surface area (Å²) in [5, 5.41) is 13.2. The van der Waals surface area contributed by atoms with Gasteiger partial charge in [-0.25, -0.2) is 0 Å². The zero-order chi connectivity index (χ0) is 15.7. The van der Waals surface area contributed by atoms with Crippen molar-refractivity contribution in [2.45, 2.75) is 0 Å². The fourth-order valence-electron chi connectivity index (χ4n) is 3.02. The molecule has 0 bridgehead atoms. The van der Waals surface area contributed by atoms with Gasteiger partial charge in [0.1, 0.15) is 5.75 Å². The van der Waals surface area contributed by atoms with Gasteiger partial charge in [-0.05, 0) is 42.5 Å². The van der Waals surface area contributed by atoms with Gasteiger partial charge in [-0.1, -0.05) is 23.8 Å². The molecular weight excluding hydrogens is 302 g/mol. The van der Waals surface area contributed by atoms with Gasteiger partial charge in [-0.15, -0.1) is 0 Å². The van der Waals surface area contributed by atoms with Crippen LogP contribution >= 0.6 is 11.6 Å². The zero-order valence-electron chi connectivity index (χ0n) is 12.0. The molecule has 1 aromatic carbocycles. The Morgan fingerprint density at radius 2 is 2.23 bits per heavy atom. The molecular formula is C17H16ClNO3. The topological polar surface area (TPSA) is 58.6 Å². The van der Waals surface area contributed by atoms with Gasteiger partial charge in [0.25, 0.3) is 0 Å². The summed E-state index contributed by atoms with van der Waals surface area (Å²) in [5.41, 5.74) is 2.76. The van der Waals surface area contributed by atoms with E-state index in [-0.39, 0.29) is 5.92 Å². The van der Waals surface area contributed by atoms with Crippen LogP contribution in [0.25, 0.3) is 5.57 Å². The Bertz CT molecular complexity index is 706. The summed E-state index contributed by atoms with van der Waals surface area (Å²) in [4.78, 5) is 11.6. The summed E-state index contributed by atoms with van der Waals surface area (Å²) in [6, 6.07) is 5.41. The first-order chi connectivity index (χ1) is 10.6. The minimum atomic E-state index is -0.833. The first kappa shape index (κ1) is 14.9. The molecule has 0 aromatic heterocycles. The largest absolute Gasteiger partial charge is 0.481 e. The Labute approximate surface area is 133 Å². The molecule has 0 radical (unpaired) electrons. The number of carboxylic acids is 1. The van der Waals surface area contributed by atoms with Crippen molar-refractivity contribution in [3.05, 3.63) is 58.8 Å². The van der Waals surface area contributed by atoms with E-state index >= 15 is 0 Å². The number of aliphatic carboxylic acids is 1. The molecule has 22 heavy (non-hydrogen) atoms. The number of benzene rings is 1. The van der Waals surface area contributed by atoms with E-state index in [0.717, 1.165) is 16.7 Å². The molecule has 1 aliphatic heterocycles. The van der Waals surface area contributed by atoms with Crippen molar-refractivity contribution in [3.8, 4) is 5.75 Å². The number of nitrogens with one attached hydrogen (secondary N) is 1. The predicted molar refractivity (Wildman–Crippen MR) is 85.8 cm³/mol. The number of hydrogen-bond donors (Lipinski definition) is 2. The third kappa shape index (κ3) is 2.56. The van der Waals surface area contributed by atoms with E-state index in [1.807, 2.05) is 31.3 Å². The lowest BCUT2D eigenvalue weighted by Crippen LogP contribution is -2.32. The molecule has 0 spiro atoms. The number of carbonyl (C=O) groups is 1. The van der Waals surface area contributed by atoms with Crippen LogP contribution in [0.1, 0.15) is 5.56 Å². The summed E-state index contributed by atoms with van der Waals surface area (Å²) < 4.78 is 5.63. The number of rotatable bonds is 3. The molecule has 4 nitrogen and oxygen atoms in total. The first-order valence-corrected chi connectivity index (χ1v) is 7.42. The van der Waals surface area contributed by atoms with E-state index in [9.17, 15) is 9.90 Å². The van der Waals surface area contributed by atoms with Crippen LogP contribution in [-0.4, -0.2) is 24.7 Å². The number of hydrogen-bond acceptors (Lipinski definition) is 3. The minimum absolute atomic E-state index is 0.189. The van der Waals surface area contributed by atoms with E-state index < -0.39 is 11.9 Å². The summed E-state index contributed by atoms with van der Waals surface area (Å²) >= 11 is 6.14. The van der Waals surface area contributed by atoms with Crippen molar-refractivity contribution in [3.63, 3.8) is 0 Å². The Morgan fingerprint density at radius 3 is 2.95 bits per heavy atom. The van der Waals surface area contributed by atoms with Crippen LogP contribution in [0.5, 0.6) is 5.75 Å². The average Bonchev–Trinajstić information content (AvgIpc) is 2.66. The van der Waals surface area contributed by atoms with Gasteiger partial charge in [-0.3, -0.25) is 4.79 Å². The van der Waals surface area contributed by atoms with Crippen LogP contribution in [-0.2, 0) is 4.79 Å². The molecule has 1 aliphatic carbocycles. The fraction of sp³-hybridized carbons (Fsp3) is 0.235. The maximum absolute atomic E-state index is 11.6. The van der Waals surface area contributed by atoms with Crippen LogP contribution in [0, 0.1) is 11.8 Å². The van der Waals surface area contributed by atoms with Crippen molar-refractivity contribution < 1.29 is 14.6 Å². The van der Waals surface area contributed by atoms with Crippen LogP contribution < -0.4 is 10.1 Å². The second-order valence-corrected chi connectivity index (χ2v) is 5.75. The Hall–Kier alpha value is -2.04. The number of halogens is 1. The molecule has 3 rings (SSSR count). The Morgan fingerprint density at radius 1 is 1.41 bits per heavy atom. The average molecular weight is 318 g/mol. The molecule has 2 atom stereocenters. The number of ether oxygens (including phenoxy) is 1. The van der Waals surface area contributed by atoms with Crippen LogP contribution in [0.2, 0.25) is 5.02 Å². The van der Waals surface area contributed by atoms with Crippen LogP contribution in [0.4, 0.5) is 0 Å². The van der Waals surface area contributed by atoms with Crippen molar-refractivity contribution in [2.75, 3.05) is 13.6 Å². The molecule has 0 amide bonds. The second kappa shape index (κ2) is 5.99. The number of fused-ring (bicyclic) bond motifs is 2. The Balaban J connectivity index is 2.19. The van der Waals surface area contributed by atoms with Crippen molar-refractivity contribution >= 4 is 23.1 Å². The molecule has 0 fully saturated rings. The third-order valence-electron chi connectivity index (χ3n) is 3.98. The van der Waals surface area contributed by atoms with Gasteiger partial charge < -0.3 is 15.2 Å². The number of allylic oxidation sites excluding steroid dienone is 3. The van der Waals surface area contributed by atoms with E-state index in [1.165, 1.54) is 0 Å². The quantitative estimate of drug-likeness (QED) is 0.899. The van der Waals surface area contributed by atoms with Crippen molar-refractivity contribution in [1.29, 1.82) is 0 Å². The fourth-order valence-corrected chi connectivity index (χ4v) is 3.20. The lowest BCUT2D eigenvalue weighted by atomic mass is 9.76. The van der Waals surface area contributed by atoms with Gasteiger partial charge in [0.2, 0.25) is 0 Å². The molecule has 0 unspecified atom stereocenters. The minimum Gasteiger partial charge on any atom is -0.481 e. The highest BCUT2D eigenvalue weighted by Gasteiger charge is 2.34. The zero-order valence-corrected chi connectivity index (χ0v) is 12.8. The molecule has 1 aromatic rings. The van der Waals surface area contributed by atoms with Crippen molar-refractivity contribution in [2.24, 2.45) is 11.8 Å². The lowest BCUT2D eigenvalue weighted by Gasteiger charge is -2.29. The van der Waals surface area contributed by atoms with Crippen LogP contribution in [0.3, 0.4) is 0 Å². The smallest absolute Gasteiger partial charge is 0.311 e. The third-order valence-corrected chi connectivity index (χ3v) is 4.22. The standard InChI is InChI=1S/C17H16ClNO3/c1-19-9-14-12(17(20)21)4-2-10-6-7-22-15-5-3-11(18)8-13(15)16(10)14/h2-8,12,14,19H,9H2,1H3,(H,20,21)/t12-,14-/m0/s1. The maximum Gasteiger partial charge on any atom is 0.311 e. The van der Waals surface area contributed by atoms with Gasteiger partial charge >= 0.3 is 5.97 Å². The van der Waals surface area contributed by atoms with Gasteiger partial charge in [-0.2, -0.15) is 0 Å². The second-order valence-electron chi connectivity index (χ2n) is 5.32. The van der Waals surface area contributed by atoms with E-state index in [2.05, 4.69) is 5.32 Å². The van der Waals surface area contributed by atoms with Gasteiger partial charge in [0, 0.05) is 23.0 Å². The van der Waals surface area contributed by atoms with Crippen molar-refractivity contribution in [1.82, 2.24) is 5.32 Å². The molecule has 0 saturated heterocycles. The maximum atomic E-state index is 11.6. The normalized spacial score (nSPS) is 22.6. The molecule has 2 N–H and O–H groups in total. The predicted octanol–water partition coefficient (Wildman–Crippen LogP) is 3.11. The van der Waals surface area contributed by atoms with Crippen LogP contribution in [0.15, 0.2) is 48.3 Å². The number of carboxylic acid groups (broad SMARTS) is 1. The first-order valence-electron chi connectivity index (χ1n) is 7.04. The lowest BCUT2D eigenvalue weighted by molar-refractivity contribution is -0.141.